The van der Waals surface area contributed by atoms with Gasteiger partial charge in [-0.15, -0.1) is 23.1 Å². The normalized spacial score (nSPS) is 22.4. The number of thiazole rings is 1. The van der Waals surface area contributed by atoms with Crippen LogP contribution in [0.2, 0.25) is 0 Å². The van der Waals surface area contributed by atoms with Gasteiger partial charge < -0.3 is 25.5 Å². The molecule has 4 heterocycles. The molecule has 1 saturated heterocycles. The van der Waals surface area contributed by atoms with Gasteiger partial charge in [0.05, 0.1) is 5.69 Å². The van der Waals surface area contributed by atoms with Crippen LogP contribution in [0.1, 0.15) is 42.8 Å². The first-order valence-corrected chi connectivity index (χ1v) is 13.5. The molecular formula is C23H24N6O6S2. The molecule has 2 aliphatic heterocycles. The quantitative estimate of drug-likeness (QED) is 0.254. The molecule has 2 amide bonds. The molecule has 2 fully saturated rings. The number of β-lactam (4-membered cyclic amide) rings is 1. The molecule has 1 saturated carbocycles. The van der Waals surface area contributed by atoms with Crippen molar-refractivity contribution in [3.8, 4) is 0 Å². The minimum Gasteiger partial charge on any atom is -0.477 e. The lowest BCUT2D eigenvalue weighted by Crippen LogP contribution is -2.71. The number of amides is 2. The van der Waals surface area contributed by atoms with Crippen molar-refractivity contribution in [1.29, 1.82) is 0 Å². The van der Waals surface area contributed by atoms with Crippen LogP contribution >= 0.6 is 23.1 Å². The van der Waals surface area contributed by atoms with Crippen LogP contribution in [0.25, 0.3) is 6.08 Å². The predicted molar refractivity (Wildman–Crippen MR) is 136 cm³/mol. The first kappa shape index (κ1) is 25.0. The minimum absolute atomic E-state index is 0.0770. The van der Waals surface area contributed by atoms with E-state index in [0.29, 0.717) is 22.8 Å². The first-order chi connectivity index (χ1) is 17.8. The lowest BCUT2D eigenvalue weighted by Gasteiger charge is -2.49. The van der Waals surface area contributed by atoms with E-state index in [1.165, 1.54) is 16.7 Å². The average Bonchev–Trinajstić information content (AvgIpc) is 3.64. The fourth-order valence-electron chi connectivity index (χ4n) is 4.35. The Bertz CT molecular complexity index is 1320. The molecule has 14 heteroatoms. The number of carbonyl (C=O) groups is 3. The number of nitrogens with two attached hydrogens (primary N) is 1. The summed E-state index contributed by atoms with van der Waals surface area (Å²) in [4.78, 5) is 49.2. The lowest BCUT2D eigenvalue weighted by molar-refractivity contribution is -0.150. The number of rotatable bonds is 8. The van der Waals surface area contributed by atoms with E-state index in [1.54, 1.807) is 30.5 Å². The van der Waals surface area contributed by atoms with Gasteiger partial charge in [0.2, 0.25) is 0 Å². The molecule has 0 radical (unpaired) electrons. The maximum Gasteiger partial charge on any atom is 0.352 e. The summed E-state index contributed by atoms with van der Waals surface area (Å²) < 4.78 is 5.13. The smallest absolute Gasteiger partial charge is 0.352 e. The zero-order valence-electron chi connectivity index (χ0n) is 19.7. The van der Waals surface area contributed by atoms with Crippen molar-refractivity contribution in [2.24, 2.45) is 5.16 Å². The number of aromatic nitrogens is 2. The number of hydrogen-bond acceptors (Lipinski definition) is 11. The number of nitrogens with one attached hydrogen (secondary N) is 1. The fraction of sp³-hybridized carbons (Fsp3) is 0.391. The zero-order chi connectivity index (χ0) is 26.1. The summed E-state index contributed by atoms with van der Waals surface area (Å²) in [5, 5.41) is 21.7. The van der Waals surface area contributed by atoms with Crippen LogP contribution in [-0.4, -0.2) is 66.9 Å². The molecule has 12 nitrogen and oxygen atoms in total. The summed E-state index contributed by atoms with van der Waals surface area (Å²) in [5.74, 6) is -1.62. The Morgan fingerprint density at radius 1 is 1.35 bits per heavy atom. The number of aryl methyl sites for hydroxylation is 1. The number of thioether (sulfide) groups is 1. The summed E-state index contributed by atoms with van der Waals surface area (Å²) in [7, 11) is 0. The van der Waals surface area contributed by atoms with Crippen molar-refractivity contribution in [2.45, 2.75) is 50.1 Å². The number of nitrogens with zero attached hydrogens (tertiary/aromatic N) is 4. The summed E-state index contributed by atoms with van der Waals surface area (Å²) >= 11 is 2.51. The second-order valence-electron chi connectivity index (χ2n) is 8.77. The number of carbonyl (C=O) groups excluding carboxylic acids is 2. The molecule has 0 spiro atoms. The molecule has 2 atom stereocenters. The Kier molecular flexibility index (Phi) is 7.02. The molecule has 194 valence electrons. The summed E-state index contributed by atoms with van der Waals surface area (Å²) in [5.41, 5.74) is 6.93. The Morgan fingerprint density at radius 3 is 2.78 bits per heavy atom. The van der Waals surface area contributed by atoms with Crippen molar-refractivity contribution >= 4 is 57.8 Å². The van der Waals surface area contributed by atoms with Crippen LogP contribution in [0.4, 0.5) is 5.13 Å². The fourth-order valence-corrected chi connectivity index (χ4v) is 6.21. The number of anilines is 1. The van der Waals surface area contributed by atoms with Crippen LogP contribution in [0.15, 0.2) is 38.5 Å². The standard InChI is InChI=1S/C23H24N6O6S2/c1-11-8-14(35-27-11)7-6-12-9-36-21-17(20(31)29(21)18(12)22(32)33)26-19(30)16(15-10-37-23(24)25-15)28-34-13-4-2-3-5-13/h6-8,10,13,17,21H,2-5,9H2,1H3,(H2,24,25)(H,26,30)(H,32,33)/b7-6-,28-16-/t17-,21-/m1/s1. The van der Waals surface area contributed by atoms with Gasteiger partial charge in [-0.1, -0.05) is 16.4 Å². The largest absolute Gasteiger partial charge is 0.477 e. The lowest BCUT2D eigenvalue weighted by atomic mass is 10.0. The number of aliphatic carboxylic acids is 1. The van der Waals surface area contributed by atoms with E-state index in [9.17, 15) is 19.5 Å². The molecule has 0 bridgehead atoms. The third-order valence-electron chi connectivity index (χ3n) is 6.16. The van der Waals surface area contributed by atoms with Crippen LogP contribution in [0.3, 0.4) is 0 Å². The number of fused-ring (bicyclic) bond motifs is 1. The van der Waals surface area contributed by atoms with Gasteiger partial charge in [0, 0.05) is 17.2 Å². The Morgan fingerprint density at radius 2 is 2.14 bits per heavy atom. The highest BCUT2D eigenvalue weighted by atomic mass is 32.2. The average molecular weight is 545 g/mol. The summed E-state index contributed by atoms with van der Waals surface area (Å²) in [6, 6.07) is 0.782. The van der Waals surface area contributed by atoms with Gasteiger partial charge in [-0.3, -0.25) is 14.5 Å². The van der Waals surface area contributed by atoms with Gasteiger partial charge in [-0.2, -0.15) is 0 Å². The third kappa shape index (κ3) is 5.11. The van der Waals surface area contributed by atoms with E-state index in [4.69, 9.17) is 15.1 Å². The highest BCUT2D eigenvalue weighted by molar-refractivity contribution is 8.00. The number of carboxylic acid groups (broad SMARTS) is 1. The molecule has 1 aliphatic carbocycles. The molecule has 2 aromatic rings. The van der Waals surface area contributed by atoms with Gasteiger partial charge in [-0.25, -0.2) is 9.78 Å². The molecule has 4 N–H and O–H groups in total. The zero-order valence-corrected chi connectivity index (χ0v) is 21.4. The van der Waals surface area contributed by atoms with Gasteiger partial charge in [0.15, 0.2) is 16.6 Å². The van der Waals surface area contributed by atoms with Crippen LogP contribution in [0.5, 0.6) is 0 Å². The molecule has 5 rings (SSSR count). The predicted octanol–water partition coefficient (Wildman–Crippen LogP) is 2.14. The summed E-state index contributed by atoms with van der Waals surface area (Å²) in [6.07, 6.45) is 6.90. The van der Waals surface area contributed by atoms with Crippen molar-refractivity contribution in [1.82, 2.24) is 20.4 Å². The molecule has 2 aromatic heterocycles. The maximum absolute atomic E-state index is 13.2. The second kappa shape index (κ2) is 10.4. The Hall–Kier alpha value is -3.65. The number of oxime groups is 1. The summed E-state index contributed by atoms with van der Waals surface area (Å²) in [6.45, 7) is 1.78. The van der Waals surface area contributed by atoms with E-state index >= 15 is 0 Å². The second-order valence-corrected chi connectivity index (χ2v) is 10.8. The molecule has 37 heavy (non-hydrogen) atoms. The molecule has 3 aliphatic rings. The third-order valence-corrected chi connectivity index (χ3v) is 8.13. The number of carboxylic acids is 1. The minimum atomic E-state index is -1.23. The van der Waals surface area contributed by atoms with Crippen molar-refractivity contribution < 1.29 is 28.9 Å². The van der Waals surface area contributed by atoms with E-state index < -0.39 is 29.2 Å². The highest BCUT2D eigenvalue weighted by Crippen LogP contribution is 2.41. The van der Waals surface area contributed by atoms with E-state index in [2.05, 4.69) is 20.6 Å². The van der Waals surface area contributed by atoms with Crippen molar-refractivity contribution in [3.63, 3.8) is 0 Å². The van der Waals surface area contributed by atoms with Gasteiger partial charge in [0.25, 0.3) is 11.8 Å². The van der Waals surface area contributed by atoms with Gasteiger partial charge in [-0.05, 0) is 44.3 Å². The molecule has 0 unspecified atom stereocenters. The molecule has 0 aromatic carbocycles. The van der Waals surface area contributed by atoms with Crippen molar-refractivity contribution in [3.05, 3.63) is 45.9 Å². The number of allylic oxidation sites excluding steroid dienone is 1. The van der Waals surface area contributed by atoms with E-state index in [0.717, 1.165) is 37.0 Å². The number of hydrogen-bond donors (Lipinski definition) is 3. The van der Waals surface area contributed by atoms with E-state index in [-0.39, 0.29) is 28.3 Å². The van der Waals surface area contributed by atoms with Crippen LogP contribution in [-0.2, 0) is 19.2 Å². The topological polar surface area (TPSA) is 173 Å². The van der Waals surface area contributed by atoms with Crippen LogP contribution in [0, 0.1) is 6.92 Å². The van der Waals surface area contributed by atoms with Gasteiger partial charge >= 0.3 is 5.97 Å². The van der Waals surface area contributed by atoms with Crippen LogP contribution < -0.4 is 11.1 Å². The van der Waals surface area contributed by atoms with Gasteiger partial charge in [0.1, 0.15) is 28.9 Å². The monoisotopic (exact) mass is 544 g/mol. The maximum atomic E-state index is 13.2. The van der Waals surface area contributed by atoms with Crippen molar-refractivity contribution in [2.75, 3.05) is 11.5 Å². The number of nitrogen functional groups attached to an aromatic ring is 1. The first-order valence-electron chi connectivity index (χ1n) is 11.6. The molecular weight excluding hydrogens is 520 g/mol. The highest BCUT2D eigenvalue weighted by Gasteiger charge is 2.54. The Labute approximate surface area is 219 Å². The SMILES string of the molecule is Cc1cc(/C=C\C2=C(C(=O)O)N3C(=O)[C@@H](NC(=O)/C(=N\OC4CCCC4)c4csc(N)n4)[C@H]3SC2)on1. The Balaban J connectivity index is 1.33. The van der Waals surface area contributed by atoms with E-state index in [1.807, 2.05) is 0 Å².